The van der Waals surface area contributed by atoms with Gasteiger partial charge in [0.15, 0.2) is 5.78 Å². The minimum absolute atomic E-state index is 0.142. The summed E-state index contributed by atoms with van der Waals surface area (Å²) in [4.78, 5) is 23.9. The van der Waals surface area contributed by atoms with Crippen molar-refractivity contribution in [3.63, 3.8) is 0 Å². The van der Waals surface area contributed by atoms with Gasteiger partial charge in [-0.25, -0.2) is 4.79 Å². The normalized spacial score (nSPS) is 9.95. The smallest absolute Gasteiger partial charge is 0.343 e. The number of ether oxygens (including phenoxy) is 1. The third kappa shape index (κ3) is 3.45. The summed E-state index contributed by atoms with van der Waals surface area (Å²) in [6.45, 7) is 5.13. The topological polar surface area (TPSA) is 43.4 Å². The van der Waals surface area contributed by atoms with Crippen LogP contribution >= 0.6 is 0 Å². The third-order valence-electron chi connectivity index (χ3n) is 3.04. The van der Waals surface area contributed by atoms with E-state index in [4.69, 9.17) is 4.74 Å². The van der Waals surface area contributed by atoms with Gasteiger partial charge in [0.1, 0.15) is 5.75 Å². The summed E-state index contributed by atoms with van der Waals surface area (Å²) in [7, 11) is 0. The van der Waals surface area contributed by atoms with Gasteiger partial charge in [0.25, 0.3) is 0 Å². The minimum Gasteiger partial charge on any atom is -0.422 e. The molecule has 0 amide bonds. The third-order valence-corrected chi connectivity index (χ3v) is 3.04. The fourth-order valence-corrected chi connectivity index (χ4v) is 2.02. The Morgan fingerprint density at radius 3 is 2.43 bits per heavy atom. The van der Waals surface area contributed by atoms with Crippen molar-refractivity contribution in [2.45, 2.75) is 13.3 Å². The van der Waals surface area contributed by atoms with E-state index in [0.29, 0.717) is 23.3 Å². The summed E-state index contributed by atoms with van der Waals surface area (Å²) in [6, 6.07) is 13.9. The van der Waals surface area contributed by atoms with E-state index < -0.39 is 5.97 Å². The van der Waals surface area contributed by atoms with Crippen molar-refractivity contribution in [3.05, 3.63) is 77.9 Å². The molecule has 2 aromatic rings. The number of carbonyl (C=O) groups excluding carboxylic acids is 2. The van der Waals surface area contributed by atoms with E-state index in [-0.39, 0.29) is 5.78 Å². The van der Waals surface area contributed by atoms with E-state index in [1.165, 1.54) is 6.92 Å². The molecule has 0 aliphatic rings. The number of ketones is 1. The second-order valence-corrected chi connectivity index (χ2v) is 4.60. The number of carbonyl (C=O) groups is 2. The van der Waals surface area contributed by atoms with Gasteiger partial charge in [-0.1, -0.05) is 36.4 Å². The first kappa shape index (κ1) is 14.7. The van der Waals surface area contributed by atoms with Crippen LogP contribution in [0.3, 0.4) is 0 Å². The molecule has 0 N–H and O–H groups in total. The van der Waals surface area contributed by atoms with Crippen LogP contribution in [0.1, 0.15) is 33.2 Å². The molecule has 0 unspecified atom stereocenters. The second kappa shape index (κ2) is 6.66. The number of allylic oxidation sites excluding steroid dienone is 1. The quantitative estimate of drug-likeness (QED) is 0.362. The van der Waals surface area contributed by atoms with Gasteiger partial charge >= 0.3 is 5.97 Å². The molecule has 0 fully saturated rings. The van der Waals surface area contributed by atoms with Crippen LogP contribution in [-0.2, 0) is 6.42 Å². The van der Waals surface area contributed by atoms with Crippen LogP contribution in [0.5, 0.6) is 5.75 Å². The van der Waals surface area contributed by atoms with E-state index in [9.17, 15) is 9.59 Å². The van der Waals surface area contributed by atoms with E-state index in [0.717, 1.165) is 5.56 Å². The first-order chi connectivity index (χ1) is 10.1. The Bertz CT molecular complexity index is 672. The van der Waals surface area contributed by atoms with Crippen LogP contribution in [0.4, 0.5) is 0 Å². The van der Waals surface area contributed by atoms with Crippen LogP contribution in [0.2, 0.25) is 0 Å². The lowest BCUT2D eigenvalue weighted by Gasteiger charge is -2.12. The highest BCUT2D eigenvalue weighted by molar-refractivity contribution is 5.99. The van der Waals surface area contributed by atoms with Crippen molar-refractivity contribution in [1.29, 1.82) is 0 Å². The largest absolute Gasteiger partial charge is 0.422 e. The standard InChI is InChI=1S/C18H16O3/c1-3-8-14-11-7-12-16(13(2)19)17(14)21-18(20)15-9-5-4-6-10-15/h3-7,9-12H,1,8H2,2H3. The zero-order chi connectivity index (χ0) is 15.2. The van der Waals surface area contributed by atoms with Crippen molar-refractivity contribution in [2.24, 2.45) is 0 Å². The lowest BCUT2D eigenvalue weighted by atomic mass is 10.0. The van der Waals surface area contributed by atoms with Crippen molar-refractivity contribution in [3.8, 4) is 5.75 Å². The Kier molecular flexibility index (Phi) is 4.67. The maximum Gasteiger partial charge on any atom is 0.343 e. The average molecular weight is 280 g/mol. The molecule has 0 saturated heterocycles. The summed E-state index contributed by atoms with van der Waals surface area (Å²) in [5.74, 6) is -0.301. The molecule has 0 bridgehead atoms. The van der Waals surface area contributed by atoms with Crippen LogP contribution < -0.4 is 4.74 Å². The molecule has 0 saturated carbocycles. The van der Waals surface area contributed by atoms with Gasteiger partial charge in [-0.05, 0) is 37.1 Å². The lowest BCUT2D eigenvalue weighted by molar-refractivity contribution is 0.0731. The Labute approximate surface area is 123 Å². The van der Waals surface area contributed by atoms with Crippen LogP contribution in [-0.4, -0.2) is 11.8 Å². The molecule has 106 valence electrons. The van der Waals surface area contributed by atoms with Crippen molar-refractivity contribution >= 4 is 11.8 Å². The SMILES string of the molecule is C=CCc1cccc(C(C)=O)c1OC(=O)c1ccccc1. The summed E-state index contributed by atoms with van der Waals surface area (Å²) in [5, 5.41) is 0. The summed E-state index contributed by atoms with van der Waals surface area (Å²) >= 11 is 0. The molecule has 3 nitrogen and oxygen atoms in total. The predicted molar refractivity (Wildman–Crippen MR) is 81.7 cm³/mol. The summed E-state index contributed by atoms with van der Waals surface area (Å²) in [6.07, 6.45) is 2.23. The Morgan fingerprint density at radius 1 is 1.10 bits per heavy atom. The zero-order valence-corrected chi connectivity index (χ0v) is 11.8. The Morgan fingerprint density at radius 2 is 1.81 bits per heavy atom. The minimum atomic E-state index is -0.477. The average Bonchev–Trinajstić information content (AvgIpc) is 2.49. The van der Waals surface area contributed by atoms with Gasteiger partial charge in [0.2, 0.25) is 0 Å². The molecular weight excluding hydrogens is 264 g/mol. The predicted octanol–water partition coefficient (Wildman–Crippen LogP) is 3.84. The highest BCUT2D eigenvalue weighted by Gasteiger charge is 2.17. The maximum absolute atomic E-state index is 12.2. The number of para-hydroxylation sites is 1. The molecule has 0 aliphatic heterocycles. The second-order valence-electron chi connectivity index (χ2n) is 4.60. The fraction of sp³-hybridized carbons (Fsp3) is 0.111. The molecule has 0 aromatic heterocycles. The molecule has 0 atom stereocenters. The number of hydrogen-bond acceptors (Lipinski definition) is 3. The Hall–Kier alpha value is -2.68. The van der Waals surface area contributed by atoms with Gasteiger partial charge in [-0.2, -0.15) is 0 Å². The van der Waals surface area contributed by atoms with E-state index in [1.54, 1.807) is 42.5 Å². The van der Waals surface area contributed by atoms with Gasteiger partial charge in [0, 0.05) is 0 Å². The van der Waals surface area contributed by atoms with Crippen LogP contribution in [0.25, 0.3) is 0 Å². The molecule has 0 aliphatic carbocycles. The molecule has 0 spiro atoms. The number of esters is 1. The number of rotatable bonds is 5. The molecule has 2 aromatic carbocycles. The van der Waals surface area contributed by atoms with E-state index in [1.807, 2.05) is 12.1 Å². The molecule has 0 heterocycles. The lowest BCUT2D eigenvalue weighted by Crippen LogP contribution is -2.12. The van der Waals surface area contributed by atoms with Crippen molar-refractivity contribution in [2.75, 3.05) is 0 Å². The zero-order valence-electron chi connectivity index (χ0n) is 11.8. The van der Waals surface area contributed by atoms with Gasteiger partial charge in [-0.3, -0.25) is 4.79 Å². The van der Waals surface area contributed by atoms with Gasteiger partial charge in [0.05, 0.1) is 11.1 Å². The molecule has 0 radical (unpaired) electrons. The van der Waals surface area contributed by atoms with Crippen LogP contribution in [0.15, 0.2) is 61.2 Å². The first-order valence-electron chi connectivity index (χ1n) is 6.64. The highest BCUT2D eigenvalue weighted by Crippen LogP contribution is 2.26. The number of benzene rings is 2. The first-order valence-corrected chi connectivity index (χ1v) is 6.64. The van der Waals surface area contributed by atoms with Crippen molar-refractivity contribution < 1.29 is 14.3 Å². The molecule has 3 heteroatoms. The van der Waals surface area contributed by atoms with Gasteiger partial charge in [-0.15, -0.1) is 6.58 Å². The number of hydrogen-bond donors (Lipinski definition) is 0. The summed E-state index contributed by atoms with van der Waals surface area (Å²) < 4.78 is 5.47. The monoisotopic (exact) mass is 280 g/mol. The fourth-order valence-electron chi connectivity index (χ4n) is 2.02. The maximum atomic E-state index is 12.2. The van der Waals surface area contributed by atoms with Crippen molar-refractivity contribution in [1.82, 2.24) is 0 Å². The molecule has 2 rings (SSSR count). The van der Waals surface area contributed by atoms with Gasteiger partial charge < -0.3 is 4.74 Å². The van der Waals surface area contributed by atoms with E-state index in [2.05, 4.69) is 6.58 Å². The Balaban J connectivity index is 2.40. The highest BCUT2D eigenvalue weighted by atomic mass is 16.5. The van der Waals surface area contributed by atoms with E-state index >= 15 is 0 Å². The molecule has 21 heavy (non-hydrogen) atoms. The summed E-state index contributed by atoms with van der Waals surface area (Å²) in [5.41, 5.74) is 1.61. The molecular formula is C18H16O3. The van der Waals surface area contributed by atoms with Crippen LogP contribution in [0, 0.1) is 0 Å². The number of Topliss-reactive ketones (excluding diaryl/α,β-unsaturated/α-hetero) is 1.